The number of halogens is 1. The molecule has 0 spiro atoms. The van der Waals surface area contributed by atoms with Gasteiger partial charge in [0.25, 0.3) is 5.91 Å². The molecule has 2 fully saturated rings. The average Bonchev–Trinajstić information content (AvgIpc) is 3.07. The predicted molar refractivity (Wildman–Crippen MR) is 141 cm³/mol. The summed E-state index contributed by atoms with van der Waals surface area (Å²) in [4.78, 5) is 26.1. The van der Waals surface area contributed by atoms with E-state index in [9.17, 15) is 19.1 Å². The van der Waals surface area contributed by atoms with E-state index < -0.39 is 11.4 Å². The van der Waals surface area contributed by atoms with Gasteiger partial charge < -0.3 is 20.5 Å². The smallest absolute Gasteiger partial charge is 0.251 e. The molecule has 200 valence electrons. The maximum atomic E-state index is 13.8. The molecule has 2 aromatic rings. The van der Waals surface area contributed by atoms with Crippen molar-refractivity contribution in [2.45, 2.75) is 77.5 Å². The van der Waals surface area contributed by atoms with E-state index in [2.05, 4.69) is 24.5 Å². The Morgan fingerprint density at radius 2 is 1.81 bits per heavy atom. The number of rotatable bonds is 8. The summed E-state index contributed by atoms with van der Waals surface area (Å²) in [5, 5.41) is 17.2. The van der Waals surface area contributed by atoms with Crippen LogP contribution >= 0.6 is 0 Å². The highest BCUT2D eigenvalue weighted by atomic mass is 19.1. The number of carbonyl (C=O) groups is 2. The lowest BCUT2D eigenvalue weighted by molar-refractivity contribution is -0.123. The number of nitrogens with one attached hydrogen (secondary N) is 2. The molecule has 0 aromatic heterocycles. The van der Waals surface area contributed by atoms with Gasteiger partial charge in [-0.2, -0.15) is 0 Å². The average molecular weight is 511 g/mol. The molecule has 2 aromatic carbocycles. The number of hydrogen-bond donors (Lipinski definition) is 3. The predicted octanol–water partition coefficient (Wildman–Crippen LogP) is 5.00. The van der Waals surface area contributed by atoms with Gasteiger partial charge in [-0.1, -0.05) is 32.0 Å². The minimum Gasteiger partial charge on any atom is -0.497 e. The van der Waals surface area contributed by atoms with Crippen molar-refractivity contribution < 1.29 is 23.8 Å². The zero-order valence-corrected chi connectivity index (χ0v) is 22.3. The highest BCUT2D eigenvalue weighted by molar-refractivity contribution is 5.94. The van der Waals surface area contributed by atoms with Gasteiger partial charge in [-0.15, -0.1) is 0 Å². The van der Waals surface area contributed by atoms with Gasteiger partial charge in [-0.25, -0.2) is 4.39 Å². The van der Waals surface area contributed by atoms with Crippen LogP contribution in [0.1, 0.15) is 75.2 Å². The van der Waals surface area contributed by atoms with E-state index in [1.54, 1.807) is 13.2 Å². The Kier molecular flexibility index (Phi) is 7.65. The highest BCUT2D eigenvalue weighted by Gasteiger charge is 2.61. The van der Waals surface area contributed by atoms with Crippen LogP contribution in [0.2, 0.25) is 0 Å². The second-order valence-corrected chi connectivity index (χ2v) is 11.8. The molecule has 2 amide bonds. The maximum absolute atomic E-state index is 13.8. The Labute approximate surface area is 219 Å². The fourth-order valence-electron chi connectivity index (χ4n) is 6.68. The van der Waals surface area contributed by atoms with Crippen molar-refractivity contribution in [1.29, 1.82) is 0 Å². The number of fused-ring (bicyclic) bond motifs is 1. The van der Waals surface area contributed by atoms with Crippen molar-refractivity contribution >= 4 is 11.8 Å². The van der Waals surface area contributed by atoms with Gasteiger partial charge in [0.05, 0.1) is 12.7 Å². The molecule has 2 aliphatic carbocycles. The van der Waals surface area contributed by atoms with Crippen LogP contribution in [0.4, 0.5) is 4.39 Å². The third kappa shape index (κ3) is 5.98. The third-order valence-corrected chi connectivity index (χ3v) is 8.69. The molecular formula is C30H39FN2O4. The van der Waals surface area contributed by atoms with Gasteiger partial charge in [0.2, 0.25) is 5.91 Å². The molecule has 4 unspecified atom stereocenters. The second kappa shape index (κ2) is 10.4. The Hall–Kier alpha value is -2.93. The largest absolute Gasteiger partial charge is 0.497 e. The molecule has 0 aliphatic heterocycles. The van der Waals surface area contributed by atoms with Crippen LogP contribution in [0.25, 0.3) is 0 Å². The van der Waals surface area contributed by atoms with Crippen molar-refractivity contribution in [3.8, 4) is 5.75 Å². The lowest BCUT2D eigenvalue weighted by Gasteiger charge is -2.50. The van der Waals surface area contributed by atoms with Crippen molar-refractivity contribution in [3.63, 3.8) is 0 Å². The van der Waals surface area contributed by atoms with Gasteiger partial charge in [-0.05, 0) is 91.7 Å². The van der Waals surface area contributed by atoms with E-state index in [-0.39, 0.29) is 40.2 Å². The van der Waals surface area contributed by atoms with E-state index in [4.69, 9.17) is 4.74 Å². The second-order valence-electron chi connectivity index (χ2n) is 11.8. The van der Waals surface area contributed by atoms with E-state index >= 15 is 0 Å². The van der Waals surface area contributed by atoms with Gasteiger partial charge in [0.1, 0.15) is 11.6 Å². The number of carbonyl (C=O) groups excluding carboxylic acids is 2. The summed E-state index contributed by atoms with van der Waals surface area (Å²) in [6.45, 7) is 6.68. The number of methoxy groups -OCH3 is 1. The number of aliphatic hydroxyl groups is 1. The Morgan fingerprint density at radius 1 is 1.08 bits per heavy atom. The fraction of sp³-hybridized carbons (Fsp3) is 0.533. The zero-order valence-electron chi connectivity index (χ0n) is 22.3. The van der Waals surface area contributed by atoms with E-state index in [0.717, 1.165) is 17.7 Å². The summed E-state index contributed by atoms with van der Waals surface area (Å²) in [6.07, 6.45) is 3.63. The molecule has 4 atom stereocenters. The lowest BCUT2D eigenvalue weighted by Crippen LogP contribution is -2.52. The first kappa shape index (κ1) is 27.1. The summed E-state index contributed by atoms with van der Waals surface area (Å²) in [7, 11) is 1.62. The third-order valence-electron chi connectivity index (χ3n) is 8.69. The lowest BCUT2D eigenvalue weighted by atomic mass is 9.57. The molecule has 2 aliphatic rings. The van der Waals surface area contributed by atoms with Crippen LogP contribution in [-0.4, -0.2) is 35.7 Å². The topological polar surface area (TPSA) is 87.7 Å². The Bertz CT molecular complexity index is 1130. The molecule has 0 heterocycles. The van der Waals surface area contributed by atoms with E-state index in [1.807, 2.05) is 31.2 Å². The Morgan fingerprint density at radius 3 is 2.49 bits per heavy atom. The van der Waals surface area contributed by atoms with E-state index in [0.29, 0.717) is 38.6 Å². The SMILES string of the molecule is COc1ccc(CNC(=O)CCC23CCC(C)(O)CC2C(C)(C)CC3NC(=O)c2cccc(F)c2)cc1. The number of benzene rings is 2. The highest BCUT2D eigenvalue weighted by Crippen LogP contribution is 2.63. The molecule has 4 rings (SSSR count). The monoisotopic (exact) mass is 510 g/mol. The van der Waals surface area contributed by atoms with Crippen LogP contribution in [0.15, 0.2) is 48.5 Å². The first-order chi connectivity index (χ1) is 17.4. The van der Waals surface area contributed by atoms with Crippen molar-refractivity contribution in [2.75, 3.05) is 7.11 Å². The number of hydrogen-bond acceptors (Lipinski definition) is 4. The minimum absolute atomic E-state index is 0.0406. The summed E-state index contributed by atoms with van der Waals surface area (Å²) < 4.78 is 19.0. The minimum atomic E-state index is -0.774. The molecule has 37 heavy (non-hydrogen) atoms. The number of amides is 2. The standard InChI is InChI=1S/C30H39FN2O4/c1-28(2)18-25(33-27(35)21-6-5-7-22(31)16-21)30(15-14-29(3,36)17-24(28)30)13-12-26(34)32-19-20-8-10-23(37-4)11-9-20/h5-11,16,24-25,36H,12-15,17-19H2,1-4H3,(H,32,34)(H,33,35). The van der Waals surface area contributed by atoms with E-state index in [1.165, 1.54) is 18.2 Å². The number of ether oxygens (including phenoxy) is 1. The quantitative estimate of drug-likeness (QED) is 0.467. The summed E-state index contributed by atoms with van der Waals surface area (Å²) in [6, 6.07) is 13.1. The molecular weight excluding hydrogens is 471 g/mol. The van der Waals surface area contributed by atoms with Crippen LogP contribution in [-0.2, 0) is 11.3 Å². The van der Waals surface area contributed by atoms with Crippen LogP contribution in [0.5, 0.6) is 5.75 Å². The molecule has 2 saturated carbocycles. The molecule has 6 nitrogen and oxygen atoms in total. The summed E-state index contributed by atoms with van der Waals surface area (Å²) in [5.74, 6) is 0.108. The van der Waals surface area contributed by atoms with Crippen molar-refractivity contribution in [2.24, 2.45) is 16.7 Å². The molecule has 3 N–H and O–H groups in total. The van der Waals surface area contributed by atoms with Crippen LogP contribution in [0.3, 0.4) is 0 Å². The van der Waals surface area contributed by atoms with Crippen LogP contribution < -0.4 is 15.4 Å². The summed E-state index contributed by atoms with van der Waals surface area (Å²) >= 11 is 0. The van der Waals surface area contributed by atoms with Gasteiger partial charge in [0.15, 0.2) is 0 Å². The normalized spacial score (nSPS) is 28.3. The van der Waals surface area contributed by atoms with Crippen molar-refractivity contribution in [1.82, 2.24) is 10.6 Å². The van der Waals surface area contributed by atoms with Crippen LogP contribution in [0, 0.1) is 22.6 Å². The van der Waals surface area contributed by atoms with Gasteiger partial charge >= 0.3 is 0 Å². The molecule has 0 radical (unpaired) electrons. The Balaban J connectivity index is 1.50. The summed E-state index contributed by atoms with van der Waals surface area (Å²) in [5.41, 5.74) is 0.0390. The van der Waals surface area contributed by atoms with Gasteiger partial charge in [0, 0.05) is 24.6 Å². The van der Waals surface area contributed by atoms with Crippen molar-refractivity contribution in [3.05, 3.63) is 65.5 Å². The maximum Gasteiger partial charge on any atom is 0.251 e. The molecule has 7 heteroatoms. The first-order valence-corrected chi connectivity index (χ1v) is 13.1. The van der Waals surface area contributed by atoms with Gasteiger partial charge in [-0.3, -0.25) is 9.59 Å². The molecule has 0 saturated heterocycles. The molecule has 0 bridgehead atoms. The zero-order chi connectivity index (χ0) is 26.8. The fourth-order valence-corrected chi connectivity index (χ4v) is 6.68. The first-order valence-electron chi connectivity index (χ1n) is 13.1.